The van der Waals surface area contributed by atoms with E-state index in [1.165, 1.54) is 0 Å². The summed E-state index contributed by atoms with van der Waals surface area (Å²) >= 11 is 1.74. The monoisotopic (exact) mass is 330 g/mol. The van der Waals surface area contributed by atoms with Crippen molar-refractivity contribution in [3.8, 4) is 0 Å². The molecule has 22 heavy (non-hydrogen) atoms. The largest absolute Gasteiger partial charge is 0.444 e. The summed E-state index contributed by atoms with van der Waals surface area (Å²) in [5.41, 5.74) is -0.589. The first-order valence-electron chi connectivity index (χ1n) is 7.86. The quantitative estimate of drug-likeness (QED) is 0.806. The molecule has 0 aromatic heterocycles. The number of carbonyl (C=O) groups excluding carboxylic acids is 2. The van der Waals surface area contributed by atoms with E-state index < -0.39 is 17.7 Å². The smallest absolute Gasteiger partial charge is 0.408 e. The minimum atomic E-state index is -0.589. The first-order chi connectivity index (χ1) is 10.3. The number of carbonyl (C=O) groups is 2. The highest BCUT2D eigenvalue weighted by Crippen LogP contribution is 2.34. The Morgan fingerprint density at radius 2 is 2.14 bits per heavy atom. The molecule has 2 fully saturated rings. The van der Waals surface area contributed by atoms with Crippen molar-refractivity contribution < 1.29 is 19.4 Å². The topological polar surface area (TPSA) is 78.9 Å². The second-order valence-corrected chi connectivity index (χ2v) is 8.11. The molecule has 126 valence electrons. The van der Waals surface area contributed by atoms with Crippen LogP contribution in [0.25, 0.3) is 0 Å². The third-order valence-corrected chi connectivity index (χ3v) is 5.18. The molecule has 0 aliphatic carbocycles. The Labute approximate surface area is 136 Å². The van der Waals surface area contributed by atoms with E-state index in [0.717, 1.165) is 25.0 Å². The molecule has 2 aliphatic heterocycles. The predicted molar refractivity (Wildman–Crippen MR) is 85.6 cm³/mol. The van der Waals surface area contributed by atoms with Gasteiger partial charge in [0.25, 0.3) is 0 Å². The summed E-state index contributed by atoms with van der Waals surface area (Å²) in [6, 6.07) is -0.709. The van der Waals surface area contributed by atoms with Crippen molar-refractivity contribution in [1.82, 2.24) is 10.2 Å². The van der Waals surface area contributed by atoms with Crippen molar-refractivity contribution in [2.24, 2.45) is 0 Å². The normalized spacial score (nSPS) is 29.5. The molecule has 0 spiro atoms. The SMILES string of the molecule is CC(C)(C)OC(=O)NC1CCSC2CCCC(CO)N2C1=O. The number of hydrogen-bond acceptors (Lipinski definition) is 5. The first-order valence-corrected chi connectivity index (χ1v) is 8.91. The highest BCUT2D eigenvalue weighted by molar-refractivity contribution is 7.99. The number of nitrogens with zero attached hydrogens (tertiary/aromatic N) is 1. The number of aliphatic hydroxyl groups excluding tert-OH is 1. The van der Waals surface area contributed by atoms with E-state index in [9.17, 15) is 14.7 Å². The highest BCUT2D eigenvalue weighted by Gasteiger charge is 2.40. The Hall–Kier alpha value is -0.950. The van der Waals surface area contributed by atoms with Gasteiger partial charge in [0.2, 0.25) is 5.91 Å². The number of hydrogen-bond donors (Lipinski definition) is 2. The summed E-state index contributed by atoms with van der Waals surface area (Å²) in [4.78, 5) is 26.5. The van der Waals surface area contributed by atoms with E-state index in [2.05, 4.69) is 5.32 Å². The average Bonchev–Trinajstić information content (AvgIpc) is 2.57. The molecule has 0 aromatic carbocycles. The molecular weight excluding hydrogens is 304 g/mol. The van der Waals surface area contributed by atoms with Crippen molar-refractivity contribution in [3.05, 3.63) is 0 Å². The van der Waals surface area contributed by atoms with E-state index in [1.54, 1.807) is 37.4 Å². The molecule has 7 heteroatoms. The number of thioether (sulfide) groups is 1. The maximum absolute atomic E-state index is 12.8. The minimum absolute atomic E-state index is 0.0258. The van der Waals surface area contributed by atoms with Crippen LogP contribution in [0.4, 0.5) is 4.79 Å². The Morgan fingerprint density at radius 1 is 1.41 bits per heavy atom. The predicted octanol–water partition coefficient (Wildman–Crippen LogP) is 1.72. The summed E-state index contributed by atoms with van der Waals surface area (Å²) in [5.74, 6) is 0.713. The lowest BCUT2D eigenvalue weighted by atomic mass is 10.0. The van der Waals surface area contributed by atoms with Crippen molar-refractivity contribution in [2.75, 3.05) is 12.4 Å². The van der Waals surface area contributed by atoms with Gasteiger partial charge in [0, 0.05) is 0 Å². The Bertz CT molecular complexity index is 424. The number of piperidine rings is 1. The molecule has 2 rings (SSSR count). The van der Waals surface area contributed by atoms with Gasteiger partial charge in [-0.05, 0) is 52.2 Å². The number of fused-ring (bicyclic) bond motifs is 1. The Morgan fingerprint density at radius 3 is 2.77 bits per heavy atom. The maximum Gasteiger partial charge on any atom is 0.408 e. The Kier molecular flexibility index (Phi) is 5.60. The van der Waals surface area contributed by atoms with Crippen LogP contribution < -0.4 is 5.32 Å². The number of ether oxygens (including phenoxy) is 1. The van der Waals surface area contributed by atoms with Gasteiger partial charge in [-0.25, -0.2) is 4.79 Å². The molecule has 0 radical (unpaired) electrons. The van der Waals surface area contributed by atoms with Gasteiger partial charge in [-0.2, -0.15) is 0 Å². The van der Waals surface area contributed by atoms with E-state index in [0.29, 0.717) is 6.42 Å². The van der Waals surface area contributed by atoms with Gasteiger partial charge in [0.05, 0.1) is 18.0 Å². The van der Waals surface area contributed by atoms with Crippen LogP contribution in [0.5, 0.6) is 0 Å². The van der Waals surface area contributed by atoms with Gasteiger partial charge in [-0.15, -0.1) is 11.8 Å². The second-order valence-electron chi connectivity index (χ2n) is 6.83. The maximum atomic E-state index is 12.8. The molecule has 2 saturated heterocycles. The van der Waals surface area contributed by atoms with E-state index in [4.69, 9.17) is 4.74 Å². The van der Waals surface area contributed by atoms with Gasteiger partial charge < -0.3 is 20.1 Å². The van der Waals surface area contributed by atoms with Crippen LogP contribution in [0.2, 0.25) is 0 Å². The lowest BCUT2D eigenvalue weighted by Crippen LogP contribution is -2.56. The zero-order valence-corrected chi connectivity index (χ0v) is 14.3. The van der Waals surface area contributed by atoms with Crippen LogP contribution in [-0.4, -0.2) is 57.4 Å². The van der Waals surface area contributed by atoms with E-state index >= 15 is 0 Å². The number of alkyl carbamates (subject to hydrolysis) is 1. The van der Waals surface area contributed by atoms with E-state index in [1.807, 2.05) is 0 Å². The zero-order chi connectivity index (χ0) is 16.3. The van der Waals surface area contributed by atoms with Crippen LogP contribution in [0.3, 0.4) is 0 Å². The molecule has 3 atom stereocenters. The standard InChI is InChI=1S/C15H26N2O4S/c1-15(2,3)21-14(20)16-11-7-8-22-12-6-4-5-10(9-18)17(12)13(11)19/h10-12,18H,4-9H2,1-3H3,(H,16,20). The molecule has 2 N–H and O–H groups in total. The molecule has 2 aliphatic rings. The number of rotatable bonds is 2. The van der Waals surface area contributed by atoms with Gasteiger partial charge in [-0.1, -0.05) is 0 Å². The van der Waals surface area contributed by atoms with Gasteiger partial charge in [0.1, 0.15) is 11.6 Å². The van der Waals surface area contributed by atoms with Crippen molar-refractivity contribution in [1.29, 1.82) is 0 Å². The molecule has 2 heterocycles. The molecule has 3 unspecified atom stereocenters. The van der Waals surface area contributed by atoms with Crippen molar-refractivity contribution in [3.63, 3.8) is 0 Å². The van der Waals surface area contributed by atoms with Crippen LogP contribution in [0.1, 0.15) is 46.5 Å². The van der Waals surface area contributed by atoms with Crippen LogP contribution in [0.15, 0.2) is 0 Å². The number of amides is 2. The summed E-state index contributed by atoms with van der Waals surface area (Å²) in [7, 11) is 0. The molecule has 0 aromatic rings. The zero-order valence-electron chi connectivity index (χ0n) is 13.5. The lowest BCUT2D eigenvalue weighted by Gasteiger charge is -2.41. The third kappa shape index (κ3) is 4.29. The summed E-state index contributed by atoms with van der Waals surface area (Å²) in [6.07, 6.45) is 2.82. The molecule has 6 nitrogen and oxygen atoms in total. The molecule has 0 bridgehead atoms. The van der Waals surface area contributed by atoms with Gasteiger partial charge in [0.15, 0.2) is 0 Å². The Balaban J connectivity index is 2.06. The first kappa shape index (κ1) is 17.4. The van der Waals surface area contributed by atoms with Crippen molar-refractivity contribution in [2.45, 2.75) is 69.5 Å². The van der Waals surface area contributed by atoms with Crippen LogP contribution in [-0.2, 0) is 9.53 Å². The fourth-order valence-corrected chi connectivity index (χ4v) is 4.33. The van der Waals surface area contributed by atoms with Gasteiger partial charge >= 0.3 is 6.09 Å². The highest BCUT2D eigenvalue weighted by atomic mass is 32.2. The summed E-state index contributed by atoms with van der Waals surface area (Å²) in [6.45, 7) is 5.35. The summed E-state index contributed by atoms with van der Waals surface area (Å²) in [5, 5.41) is 12.4. The van der Waals surface area contributed by atoms with E-state index in [-0.39, 0.29) is 23.9 Å². The van der Waals surface area contributed by atoms with Crippen LogP contribution in [0, 0.1) is 0 Å². The second kappa shape index (κ2) is 7.08. The number of nitrogens with one attached hydrogen (secondary N) is 1. The van der Waals surface area contributed by atoms with Crippen molar-refractivity contribution >= 4 is 23.8 Å². The molecule has 0 saturated carbocycles. The van der Waals surface area contributed by atoms with Crippen LogP contribution >= 0.6 is 11.8 Å². The summed E-state index contributed by atoms with van der Waals surface area (Å²) < 4.78 is 5.24. The number of aliphatic hydroxyl groups is 1. The van der Waals surface area contributed by atoms with Gasteiger partial charge in [-0.3, -0.25) is 4.79 Å². The average molecular weight is 330 g/mol. The third-order valence-electron chi connectivity index (χ3n) is 3.86. The lowest BCUT2D eigenvalue weighted by molar-refractivity contribution is -0.139. The molecular formula is C15H26N2O4S. The minimum Gasteiger partial charge on any atom is -0.444 e. The fourth-order valence-electron chi connectivity index (χ4n) is 2.92. The molecule has 2 amide bonds. The fraction of sp³-hybridized carbons (Fsp3) is 0.867.